The first-order valence-electron chi connectivity index (χ1n) is 12.6. The van der Waals surface area contributed by atoms with Gasteiger partial charge in [0, 0.05) is 26.2 Å². The van der Waals surface area contributed by atoms with Crippen molar-refractivity contribution in [1.29, 1.82) is 0 Å². The van der Waals surface area contributed by atoms with E-state index in [9.17, 15) is 18.0 Å². The predicted octanol–water partition coefficient (Wildman–Crippen LogP) is 3.68. The Hall–Kier alpha value is -2.91. The summed E-state index contributed by atoms with van der Waals surface area (Å²) in [5.41, 5.74) is 2.61. The van der Waals surface area contributed by atoms with Crippen LogP contribution in [0.3, 0.4) is 0 Å². The fourth-order valence-corrected chi connectivity index (χ4v) is 5.15. The van der Waals surface area contributed by atoms with Gasteiger partial charge in [-0.2, -0.15) is 12.7 Å². The average molecular weight is 531 g/mol. The number of benzene rings is 2. The van der Waals surface area contributed by atoms with Crippen LogP contribution < -0.4 is 9.62 Å². The lowest BCUT2D eigenvalue weighted by Gasteiger charge is -2.35. The number of carbonyl (C=O) groups excluding carboxylic acids is 2. The van der Waals surface area contributed by atoms with Crippen LogP contribution in [0.2, 0.25) is 0 Å². The maximum atomic E-state index is 13.9. The minimum atomic E-state index is -3.99. The third kappa shape index (κ3) is 8.30. The van der Waals surface area contributed by atoms with Crippen molar-refractivity contribution in [2.75, 3.05) is 31.5 Å². The molecule has 0 aromatic heterocycles. The Morgan fingerprint density at radius 3 is 2.16 bits per heavy atom. The van der Waals surface area contributed by atoms with Crippen LogP contribution in [0.5, 0.6) is 0 Å². The van der Waals surface area contributed by atoms with Gasteiger partial charge in [0.05, 0.1) is 5.69 Å². The van der Waals surface area contributed by atoms with Crippen LogP contribution in [0.4, 0.5) is 5.69 Å². The van der Waals surface area contributed by atoms with Gasteiger partial charge in [-0.1, -0.05) is 49.4 Å². The largest absolute Gasteiger partial charge is 0.350 e. The van der Waals surface area contributed by atoms with Crippen LogP contribution in [0, 0.1) is 13.8 Å². The first-order chi connectivity index (χ1) is 17.2. The number of amides is 2. The summed E-state index contributed by atoms with van der Waals surface area (Å²) in [5.74, 6) is -0.691. The number of rotatable bonds is 11. The lowest BCUT2D eigenvalue weighted by atomic mass is 10.1. The summed E-state index contributed by atoms with van der Waals surface area (Å²) < 4.78 is 29.0. The van der Waals surface area contributed by atoms with E-state index >= 15 is 0 Å². The number of aryl methyl sites for hydroxylation is 2. The monoisotopic (exact) mass is 530 g/mol. The van der Waals surface area contributed by atoms with Crippen molar-refractivity contribution in [2.24, 2.45) is 0 Å². The summed E-state index contributed by atoms with van der Waals surface area (Å²) in [6, 6.07) is 14.5. The van der Waals surface area contributed by atoms with Crippen molar-refractivity contribution in [3.05, 3.63) is 65.2 Å². The molecule has 0 fully saturated rings. The molecule has 0 aliphatic carbocycles. The molecule has 0 saturated heterocycles. The SMILES string of the molecule is CCC(C(=O)NC(C)(C)C)N(CCc1ccccc1)C(=O)CN(c1cc(C)ccc1C)S(=O)(=O)N(C)C. The number of hydrogen-bond acceptors (Lipinski definition) is 4. The van der Waals surface area contributed by atoms with E-state index in [2.05, 4.69) is 5.32 Å². The molecule has 2 aromatic rings. The lowest BCUT2D eigenvalue weighted by molar-refractivity contribution is -0.140. The molecule has 0 aliphatic rings. The van der Waals surface area contributed by atoms with Crippen molar-refractivity contribution >= 4 is 27.7 Å². The van der Waals surface area contributed by atoms with Crippen molar-refractivity contribution in [1.82, 2.24) is 14.5 Å². The standard InChI is InChI=1S/C28H42N4O4S/c1-9-24(27(34)29-28(4,5)6)31(18-17-23-13-11-10-12-14-23)26(33)20-32(37(35,36)30(7)8)25-19-21(2)15-16-22(25)3/h10-16,19,24H,9,17-18,20H2,1-8H3,(H,29,34). The Labute approximate surface area is 222 Å². The summed E-state index contributed by atoms with van der Waals surface area (Å²) in [6.45, 7) is 11.1. The van der Waals surface area contributed by atoms with E-state index in [0.717, 1.165) is 25.3 Å². The van der Waals surface area contributed by atoms with E-state index in [1.807, 2.05) is 84.0 Å². The summed E-state index contributed by atoms with van der Waals surface area (Å²) in [5, 5.41) is 2.98. The molecule has 1 unspecified atom stereocenters. The quantitative estimate of drug-likeness (QED) is 0.480. The smallest absolute Gasteiger partial charge is 0.304 e. The number of nitrogens with one attached hydrogen (secondary N) is 1. The van der Waals surface area contributed by atoms with E-state index in [0.29, 0.717) is 18.5 Å². The van der Waals surface area contributed by atoms with Crippen LogP contribution in [0.15, 0.2) is 48.5 Å². The minimum Gasteiger partial charge on any atom is -0.350 e. The molecule has 2 aromatic carbocycles. The third-order valence-corrected chi connectivity index (χ3v) is 7.83. The van der Waals surface area contributed by atoms with Gasteiger partial charge in [-0.05, 0) is 70.2 Å². The molecule has 9 heteroatoms. The number of nitrogens with zero attached hydrogens (tertiary/aromatic N) is 3. The van der Waals surface area contributed by atoms with E-state index in [1.165, 1.54) is 19.0 Å². The van der Waals surface area contributed by atoms with Gasteiger partial charge in [-0.3, -0.25) is 9.59 Å². The Bertz CT molecular complexity index is 1170. The van der Waals surface area contributed by atoms with E-state index in [-0.39, 0.29) is 12.5 Å². The normalized spacial score (nSPS) is 12.8. The van der Waals surface area contributed by atoms with Crippen LogP contribution >= 0.6 is 0 Å². The predicted molar refractivity (Wildman–Crippen MR) is 150 cm³/mol. The molecule has 0 bridgehead atoms. The summed E-state index contributed by atoms with van der Waals surface area (Å²) in [6.07, 6.45) is 0.933. The van der Waals surface area contributed by atoms with Gasteiger partial charge >= 0.3 is 10.2 Å². The summed E-state index contributed by atoms with van der Waals surface area (Å²) in [7, 11) is -1.11. The Morgan fingerprint density at radius 2 is 1.62 bits per heavy atom. The third-order valence-electron chi connectivity index (χ3n) is 6.02. The molecular formula is C28H42N4O4S. The second kappa shape index (κ2) is 12.6. The molecule has 0 saturated carbocycles. The molecule has 0 radical (unpaired) electrons. The number of carbonyl (C=O) groups is 2. The van der Waals surface area contributed by atoms with E-state index in [1.54, 1.807) is 6.07 Å². The van der Waals surface area contributed by atoms with Crippen molar-refractivity contribution in [3.8, 4) is 0 Å². The first kappa shape index (κ1) is 30.3. The molecule has 1 atom stereocenters. The van der Waals surface area contributed by atoms with Gasteiger partial charge in [0.15, 0.2) is 0 Å². The van der Waals surface area contributed by atoms with Crippen LogP contribution in [-0.2, 0) is 26.2 Å². The van der Waals surface area contributed by atoms with Gasteiger partial charge in [-0.15, -0.1) is 0 Å². The zero-order valence-corrected chi connectivity index (χ0v) is 24.2. The molecule has 0 aliphatic heterocycles. The second-order valence-electron chi connectivity index (χ2n) is 10.6. The first-order valence-corrected chi connectivity index (χ1v) is 14.0. The Balaban J connectivity index is 2.50. The molecule has 2 rings (SSSR count). The maximum Gasteiger partial charge on any atom is 0.304 e. The molecule has 204 valence electrons. The van der Waals surface area contributed by atoms with Gasteiger partial charge in [-0.25, -0.2) is 4.31 Å². The van der Waals surface area contributed by atoms with Crippen molar-refractivity contribution < 1.29 is 18.0 Å². The van der Waals surface area contributed by atoms with E-state index in [4.69, 9.17) is 0 Å². The molecule has 2 amide bonds. The minimum absolute atomic E-state index is 0.259. The van der Waals surface area contributed by atoms with Crippen molar-refractivity contribution in [2.45, 2.75) is 66.0 Å². The maximum absolute atomic E-state index is 13.9. The number of anilines is 1. The zero-order chi connectivity index (χ0) is 28.0. The zero-order valence-electron chi connectivity index (χ0n) is 23.4. The second-order valence-corrected chi connectivity index (χ2v) is 12.6. The molecule has 1 N–H and O–H groups in total. The molecule has 0 heterocycles. The highest BCUT2D eigenvalue weighted by atomic mass is 32.2. The molecule has 8 nitrogen and oxygen atoms in total. The highest BCUT2D eigenvalue weighted by Gasteiger charge is 2.34. The topological polar surface area (TPSA) is 90.0 Å². The Kier molecular flexibility index (Phi) is 10.3. The highest BCUT2D eigenvalue weighted by molar-refractivity contribution is 7.90. The van der Waals surface area contributed by atoms with Crippen LogP contribution in [0.1, 0.15) is 50.8 Å². The Morgan fingerprint density at radius 1 is 1.00 bits per heavy atom. The average Bonchev–Trinajstić information content (AvgIpc) is 2.81. The lowest BCUT2D eigenvalue weighted by Crippen LogP contribution is -2.56. The number of hydrogen-bond donors (Lipinski definition) is 1. The van der Waals surface area contributed by atoms with Crippen LogP contribution in [-0.4, -0.2) is 68.2 Å². The highest BCUT2D eigenvalue weighted by Crippen LogP contribution is 2.26. The fraction of sp³-hybridized carbons (Fsp3) is 0.500. The summed E-state index contributed by atoms with van der Waals surface area (Å²) in [4.78, 5) is 28.7. The molecule has 37 heavy (non-hydrogen) atoms. The van der Waals surface area contributed by atoms with Gasteiger partial charge < -0.3 is 10.2 Å². The van der Waals surface area contributed by atoms with Crippen molar-refractivity contribution in [3.63, 3.8) is 0 Å². The van der Waals surface area contributed by atoms with Gasteiger partial charge in [0.2, 0.25) is 11.8 Å². The molecule has 0 spiro atoms. The van der Waals surface area contributed by atoms with Gasteiger partial charge in [0.25, 0.3) is 0 Å². The fourth-order valence-electron chi connectivity index (χ4n) is 4.04. The van der Waals surface area contributed by atoms with Gasteiger partial charge in [0.1, 0.15) is 12.6 Å². The summed E-state index contributed by atoms with van der Waals surface area (Å²) >= 11 is 0. The van der Waals surface area contributed by atoms with Crippen LogP contribution in [0.25, 0.3) is 0 Å². The molecular weight excluding hydrogens is 488 g/mol. The van der Waals surface area contributed by atoms with E-state index < -0.39 is 34.2 Å².